The van der Waals surface area contributed by atoms with Gasteiger partial charge in [-0.1, -0.05) is 11.6 Å². The molecule has 0 aliphatic carbocycles. The van der Waals surface area contributed by atoms with Crippen molar-refractivity contribution in [3.63, 3.8) is 0 Å². The molecule has 0 aliphatic rings. The Morgan fingerprint density at radius 3 is 2.78 bits per heavy atom. The zero-order valence-electron chi connectivity index (χ0n) is 8.65. The lowest BCUT2D eigenvalue weighted by molar-refractivity contribution is 0.624. The Balaban J connectivity index is 2.34. The topological polar surface area (TPSA) is 74.5 Å². The SMILES string of the molecule is N#Cc1cc(Nc2nc(Cl)nnc2Cl)ccc1F. The number of nitriles is 1. The Kier molecular flexibility index (Phi) is 3.55. The Morgan fingerprint density at radius 2 is 2.06 bits per heavy atom. The first-order valence-electron chi connectivity index (χ1n) is 4.62. The second kappa shape index (κ2) is 5.12. The maximum atomic E-state index is 13.1. The molecule has 0 saturated carbocycles. The van der Waals surface area contributed by atoms with Gasteiger partial charge in [0.1, 0.15) is 11.9 Å². The van der Waals surface area contributed by atoms with Gasteiger partial charge in [0.2, 0.25) is 5.28 Å². The fraction of sp³-hybridized carbons (Fsp3) is 0. The molecule has 90 valence electrons. The van der Waals surface area contributed by atoms with Crippen molar-refractivity contribution in [3.8, 4) is 6.07 Å². The summed E-state index contributed by atoms with van der Waals surface area (Å²) in [6.07, 6.45) is 0. The fourth-order valence-electron chi connectivity index (χ4n) is 1.20. The average Bonchev–Trinajstić information content (AvgIpc) is 2.36. The predicted octanol–water partition coefficient (Wildman–Crippen LogP) is 2.93. The van der Waals surface area contributed by atoms with Crippen molar-refractivity contribution in [2.24, 2.45) is 0 Å². The van der Waals surface area contributed by atoms with Crippen LogP contribution in [0.2, 0.25) is 10.4 Å². The van der Waals surface area contributed by atoms with Crippen molar-refractivity contribution < 1.29 is 4.39 Å². The lowest BCUT2D eigenvalue weighted by Gasteiger charge is -2.06. The van der Waals surface area contributed by atoms with Gasteiger partial charge in [-0.05, 0) is 29.8 Å². The maximum Gasteiger partial charge on any atom is 0.245 e. The molecule has 0 radical (unpaired) electrons. The van der Waals surface area contributed by atoms with Crippen LogP contribution in [0.4, 0.5) is 15.9 Å². The number of hydrogen-bond donors (Lipinski definition) is 1. The van der Waals surface area contributed by atoms with Crippen molar-refractivity contribution in [2.75, 3.05) is 5.32 Å². The normalized spacial score (nSPS) is 9.89. The summed E-state index contributed by atoms with van der Waals surface area (Å²) in [4.78, 5) is 3.82. The molecule has 2 aromatic rings. The summed E-state index contributed by atoms with van der Waals surface area (Å²) < 4.78 is 13.1. The molecule has 8 heteroatoms. The van der Waals surface area contributed by atoms with Gasteiger partial charge in [0.15, 0.2) is 11.0 Å². The largest absolute Gasteiger partial charge is 0.337 e. The van der Waals surface area contributed by atoms with E-state index in [1.807, 2.05) is 0 Å². The van der Waals surface area contributed by atoms with E-state index >= 15 is 0 Å². The van der Waals surface area contributed by atoms with E-state index in [0.717, 1.165) is 6.07 Å². The third kappa shape index (κ3) is 2.64. The van der Waals surface area contributed by atoms with Crippen LogP contribution < -0.4 is 5.32 Å². The highest BCUT2D eigenvalue weighted by molar-refractivity contribution is 6.32. The fourth-order valence-corrected chi connectivity index (χ4v) is 1.45. The first-order chi connectivity index (χ1) is 8.60. The standard InChI is InChI=1S/C10H4Cl2FN5/c11-8-9(16-10(12)18-17-8)15-6-1-2-7(13)5(3-6)4-14/h1-3H,(H,15,16,18). The number of aromatic nitrogens is 3. The van der Waals surface area contributed by atoms with Crippen molar-refractivity contribution in [1.82, 2.24) is 15.2 Å². The van der Waals surface area contributed by atoms with E-state index in [1.165, 1.54) is 12.1 Å². The van der Waals surface area contributed by atoms with Crippen LogP contribution in [-0.2, 0) is 0 Å². The van der Waals surface area contributed by atoms with Crippen LogP contribution in [0.25, 0.3) is 0 Å². The zero-order valence-corrected chi connectivity index (χ0v) is 10.2. The molecule has 0 aliphatic heterocycles. The van der Waals surface area contributed by atoms with Gasteiger partial charge in [-0.3, -0.25) is 0 Å². The van der Waals surface area contributed by atoms with Crippen LogP contribution in [0.3, 0.4) is 0 Å². The molecule has 0 atom stereocenters. The monoisotopic (exact) mass is 283 g/mol. The first kappa shape index (κ1) is 12.5. The molecule has 0 saturated heterocycles. The van der Waals surface area contributed by atoms with E-state index in [9.17, 15) is 4.39 Å². The summed E-state index contributed by atoms with van der Waals surface area (Å²) in [5.74, 6) is -0.430. The molecule has 0 bridgehead atoms. The summed E-state index contributed by atoms with van der Waals surface area (Å²) in [6, 6.07) is 5.64. The molecule has 5 nitrogen and oxygen atoms in total. The average molecular weight is 284 g/mol. The van der Waals surface area contributed by atoms with Gasteiger partial charge in [-0.25, -0.2) is 4.39 Å². The molecule has 1 aromatic carbocycles. The van der Waals surface area contributed by atoms with Crippen LogP contribution >= 0.6 is 23.2 Å². The summed E-state index contributed by atoms with van der Waals surface area (Å²) in [5, 5.41) is 18.4. The summed E-state index contributed by atoms with van der Waals surface area (Å²) in [6.45, 7) is 0. The second-order valence-electron chi connectivity index (χ2n) is 3.15. The minimum Gasteiger partial charge on any atom is -0.337 e. The van der Waals surface area contributed by atoms with E-state index in [-0.39, 0.29) is 21.8 Å². The molecule has 0 fully saturated rings. The molecule has 0 unspecified atom stereocenters. The van der Waals surface area contributed by atoms with Gasteiger partial charge >= 0.3 is 0 Å². The molecular weight excluding hydrogens is 280 g/mol. The molecule has 0 spiro atoms. The van der Waals surface area contributed by atoms with Crippen LogP contribution in [0, 0.1) is 17.1 Å². The summed E-state index contributed by atoms with van der Waals surface area (Å²) >= 11 is 11.3. The van der Waals surface area contributed by atoms with Crippen LogP contribution in [0.1, 0.15) is 5.56 Å². The van der Waals surface area contributed by atoms with Gasteiger partial charge in [-0.15, -0.1) is 10.2 Å². The molecule has 1 heterocycles. The van der Waals surface area contributed by atoms with Gasteiger partial charge in [-0.2, -0.15) is 10.2 Å². The molecule has 0 amide bonds. The molecule has 1 N–H and O–H groups in total. The van der Waals surface area contributed by atoms with E-state index in [4.69, 9.17) is 28.5 Å². The number of nitrogens with zero attached hydrogens (tertiary/aromatic N) is 4. The minimum atomic E-state index is -0.604. The number of halogens is 3. The Morgan fingerprint density at radius 1 is 1.28 bits per heavy atom. The Labute approximate surface area is 111 Å². The van der Waals surface area contributed by atoms with E-state index in [0.29, 0.717) is 5.69 Å². The molecular formula is C10H4Cl2FN5. The Hall–Kier alpha value is -1.97. The number of hydrogen-bond acceptors (Lipinski definition) is 5. The van der Waals surface area contributed by atoms with E-state index < -0.39 is 5.82 Å². The third-order valence-electron chi connectivity index (χ3n) is 1.97. The van der Waals surface area contributed by atoms with Crippen molar-refractivity contribution >= 4 is 34.7 Å². The summed E-state index contributed by atoms with van der Waals surface area (Å²) in [5.41, 5.74) is 0.343. The third-order valence-corrected chi connectivity index (χ3v) is 2.38. The first-order valence-corrected chi connectivity index (χ1v) is 5.38. The van der Waals surface area contributed by atoms with E-state index in [1.54, 1.807) is 6.07 Å². The van der Waals surface area contributed by atoms with Gasteiger partial charge in [0.05, 0.1) is 5.56 Å². The van der Waals surface area contributed by atoms with Gasteiger partial charge in [0, 0.05) is 5.69 Å². The zero-order chi connectivity index (χ0) is 13.1. The molecule has 1 aromatic heterocycles. The van der Waals surface area contributed by atoms with Crippen LogP contribution in [0.5, 0.6) is 0 Å². The minimum absolute atomic E-state index is 0.0160. The molecule has 2 rings (SSSR count). The number of benzene rings is 1. The van der Waals surface area contributed by atoms with E-state index in [2.05, 4.69) is 20.5 Å². The van der Waals surface area contributed by atoms with Crippen molar-refractivity contribution in [1.29, 1.82) is 5.26 Å². The highest BCUT2D eigenvalue weighted by Crippen LogP contribution is 2.23. The maximum absolute atomic E-state index is 13.1. The van der Waals surface area contributed by atoms with Crippen molar-refractivity contribution in [2.45, 2.75) is 0 Å². The summed E-state index contributed by atoms with van der Waals surface area (Å²) in [7, 11) is 0. The van der Waals surface area contributed by atoms with Gasteiger partial charge < -0.3 is 5.32 Å². The highest BCUT2D eigenvalue weighted by Gasteiger charge is 2.08. The lowest BCUT2D eigenvalue weighted by Crippen LogP contribution is -1.99. The van der Waals surface area contributed by atoms with Crippen LogP contribution in [-0.4, -0.2) is 15.2 Å². The highest BCUT2D eigenvalue weighted by atomic mass is 35.5. The van der Waals surface area contributed by atoms with Crippen molar-refractivity contribution in [3.05, 3.63) is 40.0 Å². The van der Waals surface area contributed by atoms with Gasteiger partial charge in [0.25, 0.3) is 0 Å². The lowest BCUT2D eigenvalue weighted by atomic mass is 10.2. The number of anilines is 2. The quantitative estimate of drug-likeness (QED) is 0.917. The molecule has 18 heavy (non-hydrogen) atoms. The number of rotatable bonds is 2. The van der Waals surface area contributed by atoms with Crippen LogP contribution in [0.15, 0.2) is 18.2 Å². The number of nitrogens with one attached hydrogen (secondary N) is 1. The Bertz CT molecular complexity index is 641. The predicted molar refractivity (Wildman–Crippen MR) is 64.2 cm³/mol. The second-order valence-corrected chi connectivity index (χ2v) is 3.85. The smallest absolute Gasteiger partial charge is 0.245 e.